The number of ether oxygens (including phenoxy) is 2. The Hall–Kier alpha value is -3.94. The lowest BCUT2D eigenvalue weighted by Gasteiger charge is -2.37. The first-order valence-electron chi connectivity index (χ1n) is 12.8. The van der Waals surface area contributed by atoms with Gasteiger partial charge in [-0.25, -0.2) is 0 Å². The standard InChI is InChI=1S/C29H26N2O6/c1-36-19-4-2-3-17(12-19)30-14-15(11-24(30)32)29(35)37-18-7-5-16(6-8-18)31-27(33)25-20-9-10-21(23-13-22(20)23)26(25)28(31)34/h2-10,12,15,20-23,25-26H,11,13-14H2,1H3/t15-,20-,21-,22-,23-,25+,26+/m1/s1. The van der Waals surface area contributed by atoms with E-state index in [0.29, 0.717) is 34.7 Å². The number of imide groups is 1. The van der Waals surface area contributed by atoms with Crippen molar-refractivity contribution in [3.8, 4) is 11.5 Å². The summed E-state index contributed by atoms with van der Waals surface area (Å²) in [5, 5.41) is 0. The summed E-state index contributed by atoms with van der Waals surface area (Å²) in [6, 6.07) is 13.6. The Morgan fingerprint density at radius 2 is 1.54 bits per heavy atom. The molecule has 7 atom stereocenters. The van der Waals surface area contributed by atoms with E-state index < -0.39 is 11.9 Å². The van der Waals surface area contributed by atoms with Gasteiger partial charge >= 0.3 is 5.97 Å². The quantitative estimate of drug-likeness (QED) is 0.272. The van der Waals surface area contributed by atoms with Crippen molar-refractivity contribution in [2.24, 2.45) is 41.4 Å². The van der Waals surface area contributed by atoms with Gasteiger partial charge in [-0.2, -0.15) is 0 Å². The minimum absolute atomic E-state index is 0.0615. The van der Waals surface area contributed by atoms with Gasteiger partial charge in [0.25, 0.3) is 0 Å². The molecule has 2 saturated carbocycles. The van der Waals surface area contributed by atoms with E-state index in [1.165, 1.54) is 4.90 Å². The van der Waals surface area contributed by atoms with E-state index in [1.807, 2.05) is 0 Å². The lowest BCUT2D eigenvalue weighted by atomic mass is 9.63. The smallest absolute Gasteiger partial charge is 0.316 e. The van der Waals surface area contributed by atoms with Crippen LogP contribution in [0.2, 0.25) is 0 Å². The molecule has 2 aliphatic heterocycles. The number of rotatable bonds is 5. The number of hydrogen-bond donors (Lipinski definition) is 0. The number of hydrogen-bond acceptors (Lipinski definition) is 6. The normalized spacial score (nSPS) is 33.0. The summed E-state index contributed by atoms with van der Waals surface area (Å²) in [7, 11) is 1.56. The number of amides is 3. The van der Waals surface area contributed by atoms with Crippen LogP contribution in [-0.2, 0) is 19.2 Å². The maximum absolute atomic E-state index is 13.3. The van der Waals surface area contributed by atoms with Crippen molar-refractivity contribution in [2.45, 2.75) is 12.8 Å². The number of methoxy groups -OCH3 is 1. The molecule has 0 aromatic heterocycles. The molecule has 188 valence electrons. The second-order valence-corrected chi connectivity index (χ2v) is 10.7. The number of carbonyl (C=O) groups is 4. The lowest BCUT2D eigenvalue weighted by Crippen LogP contribution is -2.40. The van der Waals surface area contributed by atoms with E-state index >= 15 is 0 Å². The predicted octanol–water partition coefficient (Wildman–Crippen LogP) is 3.21. The van der Waals surface area contributed by atoms with Gasteiger partial charge in [0.2, 0.25) is 17.7 Å². The fourth-order valence-corrected chi connectivity index (χ4v) is 6.97. The maximum Gasteiger partial charge on any atom is 0.316 e. The van der Waals surface area contributed by atoms with Crippen LogP contribution in [0.3, 0.4) is 0 Å². The SMILES string of the molecule is COc1cccc(N2C[C@H](C(=O)Oc3ccc(N4C(=O)[C@H]5[C@@H]6C=C[C@H]([C@H]7C[C@H]67)[C@@H]5C4=O)cc3)CC2=O)c1. The van der Waals surface area contributed by atoms with Gasteiger partial charge in [0, 0.05) is 24.7 Å². The Morgan fingerprint density at radius 1 is 0.865 bits per heavy atom. The zero-order chi connectivity index (χ0) is 25.4. The van der Waals surface area contributed by atoms with Crippen LogP contribution in [-0.4, -0.2) is 37.3 Å². The second kappa shape index (κ2) is 8.03. The van der Waals surface area contributed by atoms with Gasteiger partial charge in [0.05, 0.1) is 30.6 Å². The molecule has 6 aliphatic rings. The number of esters is 1. The summed E-state index contributed by atoms with van der Waals surface area (Å²) in [6.45, 7) is 0.223. The van der Waals surface area contributed by atoms with Gasteiger partial charge in [-0.05, 0) is 66.5 Å². The minimum atomic E-state index is -0.599. The molecule has 0 spiro atoms. The molecule has 2 saturated heterocycles. The summed E-state index contributed by atoms with van der Waals surface area (Å²) in [5.74, 6) is 0.399. The van der Waals surface area contributed by atoms with Crippen molar-refractivity contribution < 1.29 is 28.7 Å². The Kier molecular flexibility index (Phi) is 4.83. The zero-order valence-electron chi connectivity index (χ0n) is 20.3. The summed E-state index contributed by atoms with van der Waals surface area (Å²) in [5.41, 5.74) is 1.17. The van der Waals surface area contributed by atoms with Crippen molar-refractivity contribution in [1.29, 1.82) is 0 Å². The fourth-order valence-electron chi connectivity index (χ4n) is 6.97. The van der Waals surface area contributed by atoms with Gasteiger partial charge < -0.3 is 14.4 Å². The third-order valence-corrected chi connectivity index (χ3v) is 8.80. The van der Waals surface area contributed by atoms with E-state index in [9.17, 15) is 19.2 Å². The highest BCUT2D eigenvalue weighted by atomic mass is 16.5. The molecule has 2 aromatic carbocycles. The van der Waals surface area contributed by atoms with Gasteiger partial charge in [-0.1, -0.05) is 18.2 Å². The monoisotopic (exact) mass is 498 g/mol. The molecule has 0 unspecified atom stereocenters. The van der Waals surface area contributed by atoms with Crippen molar-refractivity contribution in [1.82, 2.24) is 0 Å². The Bertz CT molecular complexity index is 1330. The molecule has 3 amide bonds. The Labute approximate surface area is 213 Å². The molecule has 0 N–H and O–H groups in total. The van der Waals surface area contributed by atoms with Gasteiger partial charge in [-0.3, -0.25) is 24.1 Å². The first kappa shape index (κ1) is 22.3. The molecule has 8 heteroatoms. The number of anilines is 2. The van der Waals surface area contributed by atoms with Crippen LogP contribution in [0.1, 0.15) is 12.8 Å². The molecule has 2 heterocycles. The Balaban J connectivity index is 1.03. The van der Waals surface area contributed by atoms with Crippen LogP contribution >= 0.6 is 0 Å². The zero-order valence-corrected chi connectivity index (χ0v) is 20.3. The molecule has 0 radical (unpaired) electrons. The van der Waals surface area contributed by atoms with Crippen LogP contribution in [0.4, 0.5) is 11.4 Å². The average Bonchev–Trinajstić information content (AvgIpc) is 3.59. The van der Waals surface area contributed by atoms with Crippen LogP contribution in [0, 0.1) is 41.4 Å². The van der Waals surface area contributed by atoms with Crippen molar-refractivity contribution in [2.75, 3.05) is 23.5 Å². The van der Waals surface area contributed by atoms with Gasteiger partial charge in [0.1, 0.15) is 11.5 Å². The van der Waals surface area contributed by atoms with Crippen molar-refractivity contribution in [3.63, 3.8) is 0 Å². The minimum Gasteiger partial charge on any atom is -0.497 e. The highest BCUT2D eigenvalue weighted by molar-refractivity contribution is 6.22. The molecule has 4 aliphatic carbocycles. The van der Waals surface area contributed by atoms with Crippen molar-refractivity contribution in [3.05, 3.63) is 60.7 Å². The maximum atomic E-state index is 13.3. The molecule has 8 nitrogen and oxygen atoms in total. The van der Waals surface area contributed by atoms with E-state index in [2.05, 4.69) is 12.2 Å². The Morgan fingerprint density at radius 3 is 2.19 bits per heavy atom. The van der Waals surface area contributed by atoms with Gasteiger partial charge in [0.15, 0.2) is 0 Å². The third-order valence-electron chi connectivity index (χ3n) is 8.80. The largest absolute Gasteiger partial charge is 0.497 e. The van der Waals surface area contributed by atoms with E-state index in [1.54, 1.807) is 60.5 Å². The molecular weight excluding hydrogens is 472 g/mol. The summed E-state index contributed by atoms with van der Waals surface area (Å²) < 4.78 is 10.8. The average molecular weight is 499 g/mol. The van der Waals surface area contributed by atoms with Crippen LogP contribution in [0.25, 0.3) is 0 Å². The number of benzene rings is 2. The number of allylic oxidation sites excluding steroid dienone is 2. The molecular formula is C29H26N2O6. The first-order chi connectivity index (χ1) is 17.9. The molecule has 4 fully saturated rings. The van der Waals surface area contributed by atoms with Crippen molar-refractivity contribution >= 4 is 35.1 Å². The van der Waals surface area contributed by atoms with E-state index in [0.717, 1.165) is 6.42 Å². The van der Waals surface area contributed by atoms with Crippen LogP contribution < -0.4 is 19.3 Å². The van der Waals surface area contributed by atoms with Crippen LogP contribution in [0.15, 0.2) is 60.7 Å². The molecule has 37 heavy (non-hydrogen) atoms. The highest BCUT2D eigenvalue weighted by Gasteiger charge is 2.67. The first-order valence-corrected chi connectivity index (χ1v) is 12.8. The van der Waals surface area contributed by atoms with Gasteiger partial charge in [-0.15, -0.1) is 0 Å². The molecule has 2 bridgehead atoms. The third kappa shape index (κ3) is 3.35. The summed E-state index contributed by atoms with van der Waals surface area (Å²) in [6.07, 6.45) is 5.49. The second-order valence-electron chi connectivity index (χ2n) is 10.7. The molecule has 2 aromatic rings. The van der Waals surface area contributed by atoms with Crippen LogP contribution in [0.5, 0.6) is 11.5 Å². The topological polar surface area (TPSA) is 93.2 Å². The molecule has 8 rings (SSSR count). The predicted molar refractivity (Wildman–Crippen MR) is 133 cm³/mol. The number of carbonyl (C=O) groups excluding carboxylic acids is 4. The summed E-state index contributed by atoms with van der Waals surface area (Å²) >= 11 is 0. The fraction of sp³-hybridized carbons (Fsp3) is 0.379. The van der Waals surface area contributed by atoms with E-state index in [-0.39, 0.29) is 54.4 Å². The lowest BCUT2D eigenvalue weighted by molar-refractivity contribution is -0.139. The highest BCUT2D eigenvalue weighted by Crippen LogP contribution is 2.65. The number of nitrogens with zero attached hydrogens (tertiary/aromatic N) is 2. The summed E-state index contributed by atoms with van der Waals surface area (Å²) in [4.78, 5) is 54.9. The van der Waals surface area contributed by atoms with E-state index in [4.69, 9.17) is 9.47 Å².